The maximum absolute atomic E-state index is 5.98. The molecule has 0 aliphatic carbocycles. The molecule has 8 heteroatoms. The van der Waals surface area contributed by atoms with Crippen LogP contribution in [-0.2, 0) is 13.0 Å². The lowest BCUT2D eigenvalue weighted by atomic mass is 9.78. The highest BCUT2D eigenvalue weighted by Gasteiger charge is 2.34. The minimum atomic E-state index is 0.0760. The molecule has 2 aromatic rings. The predicted molar refractivity (Wildman–Crippen MR) is 114 cm³/mol. The monoisotopic (exact) mass is 392 g/mol. The van der Waals surface area contributed by atoms with Crippen LogP contribution in [0.2, 0.25) is 0 Å². The molecular formula is C21H28N8. The molecule has 3 aliphatic heterocycles. The number of hydrogen-bond acceptors (Lipinski definition) is 8. The molecule has 0 radical (unpaired) electrons. The van der Waals surface area contributed by atoms with E-state index in [1.165, 1.54) is 0 Å². The molecule has 2 aromatic heterocycles. The summed E-state index contributed by atoms with van der Waals surface area (Å²) in [4.78, 5) is 23.6. The zero-order valence-corrected chi connectivity index (χ0v) is 16.7. The summed E-state index contributed by atoms with van der Waals surface area (Å²) < 4.78 is 0. The number of piperidine rings is 1. The minimum Gasteiger partial charge on any atom is -0.355 e. The van der Waals surface area contributed by atoms with Gasteiger partial charge in [-0.15, -0.1) is 0 Å². The van der Waals surface area contributed by atoms with E-state index in [4.69, 9.17) is 26.4 Å². The molecule has 3 aliphatic rings. The van der Waals surface area contributed by atoms with Crippen LogP contribution < -0.4 is 21.3 Å². The maximum atomic E-state index is 5.98. The third kappa shape index (κ3) is 3.16. The van der Waals surface area contributed by atoms with Gasteiger partial charge in [-0.3, -0.25) is 9.98 Å². The second kappa shape index (κ2) is 7.35. The summed E-state index contributed by atoms with van der Waals surface area (Å²) in [6, 6.07) is 4.11. The Morgan fingerprint density at radius 1 is 1.03 bits per heavy atom. The zero-order valence-electron chi connectivity index (χ0n) is 16.7. The smallest absolute Gasteiger partial charge is 0.156 e. The fourth-order valence-electron chi connectivity index (χ4n) is 4.62. The number of aryl methyl sites for hydroxylation is 1. The van der Waals surface area contributed by atoms with Crippen molar-refractivity contribution in [2.75, 3.05) is 42.5 Å². The molecule has 1 saturated heterocycles. The largest absolute Gasteiger partial charge is 0.355 e. The van der Waals surface area contributed by atoms with Crippen molar-refractivity contribution >= 4 is 17.3 Å². The molecule has 4 N–H and O–H groups in total. The van der Waals surface area contributed by atoms with Crippen molar-refractivity contribution in [1.82, 2.24) is 15.0 Å². The van der Waals surface area contributed by atoms with Crippen LogP contribution in [0.25, 0.3) is 0 Å². The van der Waals surface area contributed by atoms with Gasteiger partial charge in [0.15, 0.2) is 5.84 Å². The summed E-state index contributed by atoms with van der Waals surface area (Å²) in [5.41, 5.74) is 16.2. The normalized spacial score (nSPS) is 20.3. The van der Waals surface area contributed by atoms with E-state index in [0.717, 1.165) is 79.7 Å². The number of amidine groups is 1. The highest BCUT2D eigenvalue weighted by molar-refractivity contribution is 6.11. The highest BCUT2D eigenvalue weighted by Crippen LogP contribution is 2.33. The molecule has 29 heavy (non-hydrogen) atoms. The summed E-state index contributed by atoms with van der Waals surface area (Å²) in [7, 11) is 0. The average molecular weight is 393 g/mol. The molecule has 152 valence electrons. The van der Waals surface area contributed by atoms with E-state index in [-0.39, 0.29) is 5.41 Å². The summed E-state index contributed by atoms with van der Waals surface area (Å²) in [5, 5.41) is 0. The van der Waals surface area contributed by atoms with Gasteiger partial charge in [-0.2, -0.15) is 0 Å². The van der Waals surface area contributed by atoms with Crippen LogP contribution in [0.3, 0.4) is 0 Å². The van der Waals surface area contributed by atoms with Crippen LogP contribution in [0.1, 0.15) is 36.3 Å². The summed E-state index contributed by atoms with van der Waals surface area (Å²) in [6.45, 7) is 4.66. The number of nitrogens with two attached hydrogens (primary N) is 2. The number of aromatic nitrogens is 3. The van der Waals surface area contributed by atoms with Gasteiger partial charge in [-0.1, -0.05) is 0 Å². The number of anilines is 2. The quantitative estimate of drug-likeness (QED) is 0.804. The van der Waals surface area contributed by atoms with E-state index in [2.05, 4.69) is 20.9 Å². The van der Waals surface area contributed by atoms with Gasteiger partial charge >= 0.3 is 0 Å². The number of rotatable bonds is 3. The van der Waals surface area contributed by atoms with Crippen molar-refractivity contribution in [2.24, 2.45) is 21.9 Å². The predicted octanol–water partition coefficient (Wildman–Crippen LogP) is 1.09. The third-order valence-electron chi connectivity index (χ3n) is 6.64. The Kier molecular flexibility index (Phi) is 4.67. The molecule has 5 heterocycles. The first kappa shape index (κ1) is 18.4. The molecule has 5 rings (SSSR count). The zero-order chi connectivity index (χ0) is 19.8. The van der Waals surface area contributed by atoms with Crippen molar-refractivity contribution < 1.29 is 0 Å². The molecule has 0 unspecified atom stereocenters. The Morgan fingerprint density at radius 3 is 2.66 bits per heavy atom. The Morgan fingerprint density at radius 2 is 1.86 bits per heavy atom. The highest BCUT2D eigenvalue weighted by atomic mass is 15.3. The van der Waals surface area contributed by atoms with Gasteiger partial charge in [0.25, 0.3) is 0 Å². The van der Waals surface area contributed by atoms with Gasteiger partial charge in [0, 0.05) is 25.8 Å². The lowest BCUT2D eigenvalue weighted by Gasteiger charge is -2.40. The summed E-state index contributed by atoms with van der Waals surface area (Å²) in [5.74, 6) is 1.86. The first-order chi connectivity index (χ1) is 14.2. The Bertz CT molecular complexity index is 926. The number of fused-ring (bicyclic) bond motifs is 2. The minimum absolute atomic E-state index is 0.0760. The Balaban J connectivity index is 1.36. The number of nitrogens with zero attached hydrogens (tertiary/aromatic N) is 6. The van der Waals surface area contributed by atoms with Crippen molar-refractivity contribution in [3.05, 3.63) is 41.6 Å². The van der Waals surface area contributed by atoms with E-state index in [1.807, 2.05) is 18.5 Å². The SMILES string of the molecule is NCC1(CN)CCN(c2cnc3c(n2)CN=C3N2CCCc3ncccc32)CC1. The van der Waals surface area contributed by atoms with Crippen molar-refractivity contribution in [3.8, 4) is 0 Å². The number of pyridine rings is 1. The molecule has 8 nitrogen and oxygen atoms in total. The number of aliphatic imine (C=N–C) groups is 1. The first-order valence-electron chi connectivity index (χ1n) is 10.5. The number of hydrogen-bond donors (Lipinski definition) is 2. The van der Waals surface area contributed by atoms with E-state index < -0.39 is 0 Å². The molecule has 0 bridgehead atoms. The van der Waals surface area contributed by atoms with Crippen molar-refractivity contribution in [3.63, 3.8) is 0 Å². The van der Waals surface area contributed by atoms with E-state index in [0.29, 0.717) is 19.6 Å². The fourth-order valence-corrected chi connectivity index (χ4v) is 4.62. The van der Waals surface area contributed by atoms with Crippen LogP contribution >= 0.6 is 0 Å². The summed E-state index contributed by atoms with van der Waals surface area (Å²) >= 11 is 0. The molecule has 0 amide bonds. The second-order valence-electron chi connectivity index (χ2n) is 8.28. The maximum Gasteiger partial charge on any atom is 0.156 e. The Hall–Kier alpha value is -2.58. The van der Waals surface area contributed by atoms with Crippen molar-refractivity contribution in [2.45, 2.75) is 32.2 Å². The van der Waals surface area contributed by atoms with Crippen molar-refractivity contribution in [1.29, 1.82) is 0 Å². The molecule has 0 saturated carbocycles. The van der Waals surface area contributed by atoms with E-state index in [9.17, 15) is 0 Å². The molecule has 1 fully saturated rings. The van der Waals surface area contributed by atoms with Crippen LogP contribution in [0.4, 0.5) is 11.5 Å². The first-order valence-corrected chi connectivity index (χ1v) is 10.5. The third-order valence-corrected chi connectivity index (χ3v) is 6.64. The van der Waals surface area contributed by atoms with Gasteiger partial charge in [-0.25, -0.2) is 9.97 Å². The lowest BCUT2D eigenvalue weighted by Crippen LogP contribution is -2.48. The fraction of sp³-hybridized carbons (Fsp3) is 0.524. The lowest BCUT2D eigenvalue weighted by molar-refractivity contribution is 0.238. The van der Waals surface area contributed by atoms with Crippen LogP contribution in [0, 0.1) is 5.41 Å². The van der Waals surface area contributed by atoms with Gasteiger partial charge < -0.3 is 21.3 Å². The van der Waals surface area contributed by atoms with Crippen LogP contribution in [0.5, 0.6) is 0 Å². The van der Waals surface area contributed by atoms with Gasteiger partial charge in [0.2, 0.25) is 0 Å². The van der Waals surface area contributed by atoms with Crippen LogP contribution in [-0.4, -0.2) is 53.5 Å². The topological polar surface area (TPSA) is 110 Å². The molecule has 0 aromatic carbocycles. The van der Waals surface area contributed by atoms with E-state index >= 15 is 0 Å². The summed E-state index contributed by atoms with van der Waals surface area (Å²) in [6.07, 6.45) is 7.84. The van der Waals surface area contributed by atoms with Gasteiger partial charge in [0.1, 0.15) is 11.5 Å². The molecule has 0 atom stereocenters. The van der Waals surface area contributed by atoms with Gasteiger partial charge in [0.05, 0.1) is 29.8 Å². The standard InChI is InChI=1S/C21H28N8/c22-13-21(14-23)5-9-28(10-6-21)18-12-25-19-16(27-18)11-26-20(19)29-8-2-3-15-17(29)4-1-7-24-15/h1,4,7,12H,2-3,5-6,8-11,13-14,22-23H2. The second-order valence-corrected chi connectivity index (χ2v) is 8.28. The average Bonchev–Trinajstić information content (AvgIpc) is 3.22. The molecular weight excluding hydrogens is 364 g/mol. The Labute approximate surface area is 171 Å². The molecule has 0 spiro atoms. The van der Waals surface area contributed by atoms with E-state index in [1.54, 1.807) is 0 Å². The van der Waals surface area contributed by atoms with Gasteiger partial charge in [-0.05, 0) is 56.3 Å². The van der Waals surface area contributed by atoms with Crippen LogP contribution in [0.15, 0.2) is 29.5 Å².